The third kappa shape index (κ3) is 4.24. The number of nitriles is 1. The molecule has 1 atom stereocenters. The molecule has 0 spiro atoms. The second kappa shape index (κ2) is 7.32. The van der Waals surface area contributed by atoms with Crippen molar-refractivity contribution < 1.29 is 14.3 Å². The normalized spacial score (nSPS) is 11.2. The van der Waals surface area contributed by atoms with E-state index in [1.807, 2.05) is 37.3 Å². The average Bonchev–Trinajstić information content (AvgIpc) is 2.55. The number of nitrogens with zero attached hydrogens (tertiary/aromatic N) is 1. The molecule has 0 heterocycles. The van der Waals surface area contributed by atoms with E-state index in [0.717, 1.165) is 11.3 Å². The molecule has 0 fully saturated rings. The molecular formula is C18H18N2O3. The number of nitrogens with one attached hydrogen (secondary N) is 1. The first kappa shape index (κ1) is 16.4. The van der Waals surface area contributed by atoms with Crippen LogP contribution < -0.4 is 14.8 Å². The maximum absolute atomic E-state index is 12.2. The first-order valence-corrected chi connectivity index (χ1v) is 7.16. The highest BCUT2D eigenvalue weighted by atomic mass is 16.5. The van der Waals surface area contributed by atoms with Crippen molar-refractivity contribution in [1.29, 1.82) is 5.26 Å². The van der Waals surface area contributed by atoms with Gasteiger partial charge in [-0.05, 0) is 43.7 Å². The molecule has 0 aliphatic rings. The molecular weight excluding hydrogens is 292 g/mol. The Balaban J connectivity index is 2.08. The number of anilines is 1. The van der Waals surface area contributed by atoms with Gasteiger partial charge in [0, 0.05) is 11.8 Å². The van der Waals surface area contributed by atoms with Crippen molar-refractivity contribution in [3.63, 3.8) is 0 Å². The van der Waals surface area contributed by atoms with E-state index in [-0.39, 0.29) is 5.91 Å². The molecule has 5 heteroatoms. The molecule has 23 heavy (non-hydrogen) atoms. The van der Waals surface area contributed by atoms with Gasteiger partial charge in [0.25, 0.3) is 5.91 Å². The number of methoxy groups -OCH3 is 1. The van der Waals surface area contributed by atoms with Crippen molar-refractivity contribution in [2.24, 2.45) is 0 Å². The minimum Gasteiger partial charge on any atom is -0.493 e. The van der Waals surface area contributed by atoms with Crippen LogP contribution in [0.25, 0.3) is 0 Å². The zero-order valence-corrected chi connectivity index (χ0v) is 13.3. The van der Waals surface area contributed by atoms with Gasteiger partial charge in [0.05, 0.1) is 18.7 Å². The Morgan fingerprint density at radius 1 is 1.22 bits per heavy atom. The zero-order chi connectivity index (χ0) is 16.8. The molecule has 5 nitrogen and oxygen atoms in total. The molecule has 0 saturated heterocycles. The lowest BCUT2D eigenvalue weighted by Crippen LogP contribution is -2.30. The van der Waals surface area contributed by atoms with Crippen LogP contribution in [0.1, 0.15) is 18.1 Å². The fourth-order valence-corrected chi connectivity index (χ4v) is 2.05. The van der Waals surface area contributed by atoms with Gasteiger partial charge in [-0.15, -0.1) is 0 Å². The summed E-state index contributed by atoms with van der Waals surface area (Å²) in [5.74, 6) is 0.569. The number of hydrogen-bond acceptors (Lipinski definition) is 4. The molecule has 2 aromatic rings. The predicted molar refractivity (Wildman–Crippen MR) is 87.6 cm³/mol. The summed E-state index contributed by atoms with van der Waals surface area (Å²) in [7, 11) is 1.49. The average molecular weight is 310 g/mol. The molecule has 0 saturated carbocycles. The van der Waals surface area contributed by atoms with E-state index in [2.05, 4.69) is 5.32 Å². The van der Waals surface area contributed by atoms with Crippen molar-refractivity contribution in [2.45, 2.75) is 20.0 Å². The second-order valence-electron chi connectivity index (χ2n) is 5.10. The molecule has 1 unspecified atom stereocenters. The van der Waals surface area contributed by atoms with Gasteiger partial charge in [-0.2, -0.15) is 5.26 Å². The summed E-state index contributed by atoms with van der Waals surface area (Å²) >= 11 is 0. The quantitative estimate of drug-likeness (QED) is 0.920. The Morgan fingerprint density at radius 2 is 2.00 bits per heavy atom. The van der Waals surface area contributed by atoms with Gasteiger partial charge in [-0.1, -0.05) is 12.1 Å². The number of hydrogen-bond donors (Lipinski definition) is 1. The van der Waals surface area contributed by atoms with Crippen LogP contribution in [0.3, 0.4) is 0 Å². The molecule has 1 N–H and O–H groups in total. The van der Waals surface area contributed by atoms with E-state index >= 15 is 0 Å². The third-order valence-electron chi connectivity index (χ3n) is 3.25. The summed E-state index contributed by atoms with van der Waals surface area (Å²) in [5, 5.41) is 11.7. The summed E-state index contributed by atoms with van der Waals surface area (Å²) < 4.78 is 10.8. The van der Waals surface area contributed by atoms with Crippen LogP contribution >= 0.6 is 0 Å². The Morgan fingerprint density at radius 3 is 2.65 bits per heavy atom. The lowest BCUT2D eigenvalue weighted by Gasteiger charge is -2.17. The SMILES string of the molecule is COc1cc(C#N)ccc1OC(C)C(=O)Nc1cccc(C)c1. The first-order chi connectivity index (χ1) is 11.0. The Bertz CT molecular complexity index is 750. The highest BCUT2D eigenvalue weighted by molar-refractivity contribution is 5.94. The maximum atomic E-state index is 12.2. The lowest BCUT2D eigenvalue weighted by molar-refractivity contribution is -0.122. The molecule has 2 rings (SSSR count). The largest absolute Gasteiger partial charge is 0.493 e. The Kier molecular flexibility index (Phi) is 5.21. The monoisotopic (exact) mass is 310 g/mol. The molecule has 118 valence electrons. The summed E-state index contributed by atoms with van der Waals surface area (Å²) in [6.45, 7) is 3.61. The highest BCUT2D eigenvalue weighted by Gasteiger charge is 2.17. The molecule has 1 amide bonds. The first-order valence-electron chi connectivity index (χ1n) is 7.16. The minimum atomic E-state index is -0.711. The third-order valence-corrected chi connectivity index (χ3v) is 3.25. The van der Waals surface area contributed by atoms with Gasteiger partial charge in [0.15, 0.2) is 17.6 Å². The van der Waals surface area contributed by atoms with Crippen LogP contribution in [0, 0.1) is 18.3 Å². The van der Waals surface area contributed by atoms with Crippen molar-refractivity contribution in [1.82, 2.24) is 0 Å². The lowest BCUT2D eigenvalue weighted by atomic mass is 10.2. The van der Waals surface area contributed by atoms with Crippen LogP contribution in [0.15, 0.2) is 42.5 Å². The van der Waals surface area contributed by atoms with E-state index < -0.39 is 6.10 Å². The van der Waals surface area contributed by atoms with Gasteiger partial charge in [0.2, 0.25) is 0 Å². The number of carbonyl (C=O) groups excluding carboxylic acids is 1. The number of amides is 1. The summed E-state index contributed by atoms with van der Waals surface area (Å²) in [6.07, 6.45) is -0.711. The number of carbonyl (C=O) groups is 1. The predicted octanol–water partition coefficient (Wildman–Crippen LogP) is 3.28. The van der Waals surface area contributed by atoms with Crippen LogP contribution in [-0.2, 0) is 4.79 Å². The van der Waals surface area contributed by atoms with Crippen molar-refractivity contribution in [2.75, 3.05) is 12.4 Å². The van der Waals surface area contributed by atoms with E-state index in [4.69, 9.17) is 14.7 Å². The van der Waals surface area contributed by atoms with Crippen molar-refractivity contribution >= 4 is 11.6 Å². The fraction of sp³-hybridized carbons (Fsp3) is 0.222. The number of benzene rings is 2. The zero-order valence-electron chi connectivity index (χ0n) is 13.3. The number of rotatable bonds is 5. The summed E-state index contributed by atoms with van der Waals surface area (Å²) in [6, 6.07) is 14.4. The van der Waals surface area contributed by atoms with Crippen LogP contribution in [-0.4, -0.2) is 19.1 Å². The fourth-order valence-electron chi connectivity index (χ4n) is 2.05. The topological polar surface area (TPSA) is 71.3 Å². The van der Waals surface area contributed by atoms with Gasteiger partial charge in [-0.3, -0.25) is 4.79 Å². The standard InChI is InChI=1S/C18H18N2O3/c1-12-5-4-6-15(9-12)20-18(21)13(2)23-16-8-7-14(11-19)10-17(16)22-3/h4-10,13H,1-3H3,(H,20,21). The smallest absolute Gasteiger partial charge is 0.265 e. The minimum absolute atomic E-state index is 0.262. The van der Waals surface area contributed by atoms with Crippen molar-refractivity contribution in [3.05, 3.63) is 53.6 Å². The highest BCUT2D eigenvalue weighted by Crippen LogP contribution is 2.28. The van der Waals surface area contributed by atoms with E-state index in [9.17, 15) is 4.79 Å². The maximum Gasteiger partial charge on any atom is 0.265 e. The Labute approximate surface area is 135 Å². The number of aryl methyl sites for hydroxylation is 1. The van der Waals surface area contributed by atoms with Gasteiger partial charge in [-0.25, -0.2) is 0 Å². The van der Waals surface area contributed by atoms with E-state index in [1.165, 1.54) is 7.11 Å². The molecule has 0 aliphatic heterocycles. The molecule has 0 aliphatic carbocycles. The number of ether oxygens (including phenoxy) is 2. The summed E-state index contributed by atoms with van der Waals surface area (Å²) in [5.41, 5.74) is 2.24. The van der Waals surface area contributed by atoms with E-state index in [1.54, 1.807) is 25.1 Å². The second-order valence-corrected chi connectivity index (χ2v) is 5.10. The molecule has 0 bridgehead atoms. The van der Waals surface area contributed by atoms with Crippen LogP contribution in [0.5, 0.6) is 11.5 Å². The van der Waals surface area contributed by atoms with Gasteiger partial charge < -0.3 is 14.8 Å². The molecule has 0 aromatic heterocycles. The molecule has 2 aromatic carbocycles. The van der Waals surface area contributed by atoms with Crippen LogP contribution in [0.2, 0.25) is 0 Å². The van der Waals surface area contributed by atoms with Gasteiger partial charge >= 0.3 is 0 Å². The van der Waals surface area contributed by atoms with E-state index in [0.29, 0.717) is 17.1 Å². The van der Waals surface area contributed by atoms with Gasteiger partial charge in [0.1, 0.15) is 0 Å². The Hall–Kier alpha value is -3.00. The van der Waals surface area contributed by atoms with Crippen molar-refractivity contribution in [3.8, 4) is 17.6 Å². The summed E-state index contributed by atoms with van der Waals surface area (Å²) in [4.78, 5) is 12.2. The molecule has 0 radical (unpaired) electrons. The van der Waals surface area contributed by atoms with Crippen LogP contribution in [0.4, 0.5) is 5.69 Å².